The van der Waals surface area contributed by atoms with E-state index in [0.717, 1.165) is 38.3 Å². The molecule has 0 amide bonds. The first-order valence-corrected chi connectivity index (χ1v) is 9.47. The molecule has 2 saturated carbocycles. The molecule has 0 unspecified atom stereocenters. The Kier molecular flexibility index (Phi) is 8.51. The lowest BCUT2D eigenvalue weighted by atomic mass is 9.91. The van der Waals surface area contributed by atoms with Crippen molar-refractivity contribution in [3.8, 4) is 0 Å². The summed E-state index contributed by atoms with van der Waals surface area (Å²) in [6.07, 6.45) is 11.9. The molecule has 4 fully saturated rings. The summed E-state index contributed by atoms with van der Waals surface area (Å²) < 4.78 is 0. The zero-order chi connectivity index (χ0) is 16.5. The highest BCUT2D eigenvalue weighted by atomic mass is 16.3. The summed E-state index contributed by atoms with van der Waals surface area (Å²) in [5.41, 5.74) is 0. The van der Waals surface area contributed by atoms with E-state index in [4.69, 9.17) is 10.2 Å². The third kappa shape index (κ3) is 6.14. The Bertz CT molecular complexity index is 335. The number of aliphatic hydroxyl groups is 2. The summed E-state index contributed by atoms with van der Waals surface area (Å²) in [5.74, 6) is 0.435. The molecule has 23 heavy (non-hydrogen) atoms. The molecule has 2 heterocycles. The molecule has 2 atom stereocenters. The van der Waals surface area contributed by atoms with E-state index < -0.39 is 0 Å². The van der Waals surface area contributed by atoms with E-state index in [1.165, 1.54) is 45.1 Å². The normalized spacial score (nSPS) is 30.6. The maximum Gasteiger partial charge on any atom is 0.132 e. The van der Waals surface area contributed by atoms with E-state index in [1.54, 1.807) is 0 Å². The molecule has 0 aromatic carbocycles. The number of ketones is 1. The van der Waals surface area contributed by atoms with E-state index >= 15 is 0 Å². The minimum absolute atomic E-state index is 0.306. The van der Waals surface area contributed by atoms with Crippen molar-refractivity contribution in [2.45, 2.75) is 82.3 Å². The third-order valence-electron chi connectivity index (χ3n) is 5.47. The molecule has 0 aromatic heterocycles. The minimum Gasteiger partial charge on any atom is -0.395 e. The van der Waals surface area contributed by atoms with Gasteiger partial charge in [0.25, 0.3) is 0 Å². The fourth-order valence-electron chi connectivity index (χ4n) is 3.49. The number of hydrogen-bond acceptors (Lipinski definition) is 5. The number of carbonyl (C=O) groups excluding carboxylic acids is 1. The number of carbonyl (C=O) groups is 1. The van der Waals surface area contributed by atoms with Gasteiger partial charge in [0.2, 0.25) is 0 Å². The van der Waals surface area contributed by atoms with E-state index in [0.29, 0.717) is 31.1 Å². The molecule has 2 aliphatic heterocycles. The number of nitrogens with zero attached hydrogens (tertiary/aromatic N) is 1. The van der Waals surface area contributed by atoms with Crippen LogP contribution in [0.1, 0.15) is 64.2 Å². The summed E-state index contributed by atoms with van der Waals surface area (Å²) in [6.45, 7) is 3.00. The molecule has 3 N–H and O–H groups in total. The molecule has 2 aliphatic carbocycles. The van der Waals surface area contributed by atoms with Gasteiger partial charge in [0.05, 0.1) is 13.2 Å². The first-order valence-electron chi connectivity index (χ1n) is 9.47. The maximum absolute atomic E-state index is 9.90. The van der Waals surface area contributed by atoms with Crippen LogP contribution in [0.25, 0.3) is 0 Å². The maximum atomic E-state index is 9.90. The second-order valence-electron chi connectivity index (χ2n) is 7.17. The molecule has 0 bridgehead atoms. The van der Waals surface area contributed by atoms with Crippen molar-refractivity contribution in [1.29, 1.82) is 0 Å². The largest absolute Gasteiger partial charge is 0.395 e. The van der Waals surface area contributed by atoms with Gasteiger partial charge in [0, 0.05) is 31.0 Å². The fourth-order valence-corrected chi connectivity index (χ4v) is 3.49. The van der Waals surface area contributed by atoms with Crippen molar-refractivity contribution in [3.05, 3.63) is 0 Å². The molecule has 2 saturated heterocycles. The predicted molar refractivity (Wildman–Crippen MR) is 91.4 cm³/mol. The number of rotatable bonds is 3. The van der Waals surface area contributed by atoms with Crippen LogP contribution in [0.3, 0.4) is 0 Å². The smallest absolute Gasteiger partial charge is 0.132 e. The van der Waals surface area contributed by atoms with Crippen molar-refractivity contribution in [1.82, 2.24) is 10.2 Å². The van der Waals surface area contributed by atoms with Crippen molar-refractivity contribution in [3.63, 3.8) is 0 Å². The first kappa shape index (κ1) is 18.8. The molecule has 0 aromatic rings. The Labute approximate surface area is 140 Å². The van der Waals surface area contributed by atoms with Gasteiger partial charge in [-0.05, 0) is 58.0 Å². The minimum atomic E-state index is 0.306. The van der Waals surface area contributed by atoms with Crippen molar-refractivity contribution in [2.75, 3.05) is 26.3 Å². The molecular formula is C18H34N2O3. The standard InChI is InChI=1S/C9H17NO.C5H11NO.C4H6O/c11-7-9-5-2-6-10(9)8-3-1-4-8;7-4-5-2-1-3-6-5;5-4-2-1-3-4/h8-9,11H,1-7H2;5-7H,1-4H2;1-3H2/t9-;5-;/m00./s1. The zero-order valence-corrected chi connectivity index (χ0v) is 14.4. The fraction of sp³-hybridized carbons (Fsp3) is 0.944. The highest BCUT2D eigenvalue weighted by molar-refractivity contribution is 5.83. The average molecular weight is 326 g/mol. The quantitative estimate of drug-likeness (QED) is 0.732. The van der Waals surface area contributed by atoms with E-state index in [-0.39, 0.29) is 0 Å². The summed E-state index contributed by atoms with van der Waals surface area (Å²) in [7, 11) is 0. The van der Waals surface area contributed by atoms with Crippen molar-refractivity contribution in [2.24, 2.45) is 0 Å². The summed E-state index contributed by atoms with van der Waals surface area (Å²) in [6, 6.07) is 1.73. The number of likely N-dealkylation sites (tertiary alicyclic amines) is 1. The Morgan fingerprint density at radius 1 is 0.957 bits per heavy atom. The van der Waals surface area contributed by atoms with Crippen LogP contribution in [0.5, 0.6) is 0 Å². The van der Waals surface area contributed by atoms with Gasteiger partial charge in [0.15, 0.2) is 0 Å². The van der Waals surface area contributed by atoms with Gasteiger partial charge in [-0.25, -0.2) is 0 Å². The van der Waals surface area contributed by atoms with Crippen molar-refractivity contribution >= 4 is 5.78 Å². The van der Waals surface area contributed by atoms with Crippen LogP contribution in [0.4, 0.5) is 0 Å². The van der Waals surface area contributed by atoms with Crippen LogP contribution in [0, 0.1) is 0 Å². The van der Waals surface area contributed by atoms with E-state index in [2.05, 4.69) is 10.2 Å². The van der Waals surface area contributed by atoms with Gasteiger partial charge in [-0.3, -0.25) is 9.69 Å². The molecule has 134 valence electrons. The zero-order valence-electron chi connectivity index (χ0n) is 14.4. The summed E-state index contributed by atoms with van der Waals surface area (Å²) >= 11 is 0. The highest BCUT2D eigenvalue weighted by Crippen LogP contribution is 2.30. The first-order chi connectivity index (χ1) is 11.2. The lowest BCUT2D eigenvalue weighted by Gasteiger charge is -2.38. The molecule has 4 rings (SSSR count). The van der Waals surface area contributed by atoms with Gasteiger partial charge >= 0.3 is 0 Å². The Morgan fingerprint density at radius 3 is 2.04 bits per heavy atom. The van der Waals surface area contributed by atoms with Crippen LogP contribution in [0.2, 0.25) is 0 Å². The molecule has 0 spiro atoms. The lowest BCUT2D eigenvalue weighted by Crippen LogP contribution is -2.44. The van der Waals surface area contributed by atoms with E-state index in [9.17, 15) is 4.79 Å². The predicted octanol–water partition coefficient (Wildman–Crippen LogP) is 1.47. The van der Waals surface area contributed by atoms with Crippen LogP contribution in [-0.2, 0) is 4.79 Å². The topological polar surface area (TPSA) is 72.8 Å². The Balaban J connectivity index is 0.000000137. The van der Waals surface area contributed by atoms with Gasteiger partial charge < -0.3 is 15.5 Å². The summed E-state index contributed by atoms with van der Waals surface area (Å²) in [4.78, 5) is 12.4. The van der Waals surface area contributed by atoms with Crippen LogP contribution in [-0.4, -0.2) is 65.3 Å². The molecule has 4 aliphatic rings. The second kappa shape index (κ2) is 10.4. The van der Waals surface area contributed by atoms with Gasteiger partial charge in [-0.15, -0.1) is 0 Å². The van der Waals surface area contributed by atoms with Crippen molar-refractivity contribution < 1.29 is 15.0 Å². The molecule has 0 radical (unpaired) electrons. The van der Waals surface area contributed by atoms with E-state index in [1.807, 2.05) is 0 Å². The molecule has 5 nitrogen and oxygen atoms in total. The Hall–Kier alpha value is -0.490. The number of Topliss-reactive ketones (excluding diaryl/α,β-unsaturated/α-hetero) is 1. The number of aliphatic hydroxyl groups excluding tert-OH is 2. The Morgan fingerprint density at radius 2 is 1.70 bits per heavy atom. The van der Waals surface area contributed by atoms with Gasteiger partial charge in [-0.1, -0.05) is 6.42 Å². The molecular weight excluding hydrogens is 292 g/mol. The lowest BCUT2D eigenvalue weighted by molar-refractivity contribution is -0.123. The van der Waals surface area contributed by atoms with Crippen LogP contribution in [0.15, 0.2) is 0 Å². The number of hydrogen-bond donors (Lipinski definition) is 3. The highest BCUT2D eigenvalue weighted by Gasteiger charge is 2.32. The second-order valence-corrected chi connectivity index (χ2v) is 7.17. The third-order valence-corrected chi connectivity index (χ3v) is 5.47. The number of nitrogens with one attached hydrogen (secondary N) is 1. The monoisotopic (exact) mass is 326 g/mol. The van der Waals surface area contributed by atoms with Crippen LogP contribution < -0.4 is 5.32 Å². The summed E-state index contributed by atoms with van der Waals surface area (Å²) in [5, 5.41) is 20.7. The SMILES string of the molecule is O=C1CCC1.OC[C@@H]1CCCN1.OC[C@@H]1CCCN1C1CCC1. The van der Waals surface area contributed by atoms with Gasteiger partial charge in [-0.2, -0.15) is 0 Å². The average Bonchev–Trinajstić information content (AvgIpc) is 3.16. The van der Waals surface area contributed by atoms with Gasteiger partial charge in [0.1, 0.15) is 5.78 Å². The van der Waals surface area contributed by atoms with Crippen LogP contribution >= 0.6 is 0 Å². The molecule has 5 heteroatoms.